The Labute approximate surface area is 174 Å². The first-order valence-electron chi connectivity index (χ1n) is 11.3. The number of unbranched alkanes of at least 4 members (excludes halogenated alkanes) is 1. The summed E-state index contributed by atoms with van der Waals surface area (Å²) in [7, 11) is 0. The molecule has 0 radical (unpaired) electrons. The van der Waals surface area contributed by atoms with Gasteiger partial charge in [0.25, 0.3) is 5.91 Å². The number of aryl methyl sites for hydroxylation is 1. The van der Waals surface area contributed by atoms with Crippen molar-refractivity contribution in [2.75, 3.05) is 18.0 Å². The molecule has 2 N–H and O–H groups in total. The zero-order valence-electron chi connectivity index (χ0n) is 17.7. The second kappa shape index (κ2) is 10.6. The molecule has 2 fully saturated rings. The summed E-state index contributed by atoms with van der Waals surface area (Å²) in [4.78, 5) is 31.1. The highest BCUT2D eigenvalue weighted by molar-refractivity contribution is 5.95. The number of rotatable bonds is 8. The molecule has 0 bridgehead atoms. The fourth-order valence-electron chi connectivity index (χ4n) is 4.60. The van der Waals surface area contributed by atoms with Gasteiger partial charge in [0.05, 0.1) is 11.3 Å². The van der Waals surface area contributed by atoms with E-state index in [2.05, 4.69) is 17.1 Å². The lowest BCUT2D eigenvalue weighted by Gasteiger charge is -2.33. The molecule has 1 saturated carbocycles. The predicted molar refractivity (Wildman–Crippen MR) is 114 cm³/mol. The number of nitrogens with zero attached hydrogens (tertiary/aromatic N) is 2. The van der Waals surface area contributed by atoms with Crippen LogP contribution in [0.2, 0.25) is 0 Å². The molecule has 1 unspecified atom stereocenters. The molecular weight excluding hydrogens is 366 g/mol. The number of amides is 1. The zero-order chi connectivity index (χ0) is 20.6. The summed E-state index contributed by atoms with van der Waals surface area (Å²) >= 11 is 0. The fourth-order valence-corrected chi connectivity index (χ4v) is 4.60. The standard InChI is InChI=1S/C23H35N3O3/c1-2-3-11-20-19(23(29)24-18-9-5-4-6-10-18)12-13-21(25-20)26-14-7-8-17(16-26)15-22(27)28/h12-13,17-18H,2-11,14-16H2,1H3,(H,24,29)(H,27,28). The normalized spacial score (nSPS) is 20.4. The lowest BCUT2D eigenvalue weighted by molar-refractivity contribution is -0.138. The molecule has 1 saturated heterocycles. The van der Waals surface area contributed by atoms with Gasteiger partial charge in [0.1, 0.15) is 5.82 Å². The molecular formula is C23H35N3O3. The number of aromatic nitrogens is 1. The molecule has 3 rings (SSSR count). The van der Waals surface area contributed by atoms with Gasteiger partial charge in [-0.05, 0) is 56.6 Å². The first kappa shape index (κ1) is 21.6. The first-order chi connectivity index (χ1) is 14.1. The summed E-state index contributed by atoms with van der Waals surface area (Å²) in [5, 5.41) is 12.3. The number of hydrogen-bond acceptors (Lipinski definition) is 4. The van der Waals surface area contributed by atoms with Crippen LogP contribution in [0.4, 0.5) is 5.82 Å². The van der Waals surface area contributed by atoms with Crippen molar-refractivity contribution in [3.05, 3.63) is 23.4 Å². The SMILES string of the molecule is CCCCc1nc(N2CCCC(CC(=O)O)C2)ccc1C(=O)NC1CCCCC1. The fraction of sp³-hybridized carbons (Fsp3) is 0.696. The van der Waals surface area contributed by atoms with E-state index >= 15 is 0 Å². The van der Waals surface area contributed by atoms with Crippen molar-refractivity contribution in [1.29, 1.82) is 0 Å². The van der Waals surface area contributed by atoms with Gasteiger partial charge in [-0.1, -0.05) is 32.6 Å². The Kier molecular flexibility index (Phi) is 7.90. The summed E-state index contributed by atoms with van der Waals surface area (Å²) in [6.45, 7) is 3.76. The number of carbonyl (C=O) groups excluding carboxylic acids is 1. The molecule has 1 aliphatic carbocycles. The van der Waals surface area contributed by atoms with Crippen LogP contribution in [0.5, 0.6) is 0 Å². The molecule has 1 aromatic rings. The third-order valence-electron chi connectivity index (χ3n) is 6.22. The number of hydrogen-bond donors (Lipinski definition) is 2. The van der Waals surface area contributed by atoms with Crippen LogP contribution in [0.3, 0.4) is 0 Å². The highest BCUT2D eigenvalue weighted by Crippen LogP contribution is 2.26. The average molecular weight is 402 g/mol. The molecule has 2 heterocycles. The average Bonchev–Trinajstić information content (AvgIpc) is 2.72. The molecule has 0 aromatic carbocycles. The highest BCUT2D eigenvalue weighted by atomic mass is 16.4. The van der Waals surface area contributed by atoms with Crippen LogP contribution in [-0.2, 0) is 11.2 Å². The molecule has 1 amide bonds. The van der Waals surface area contributed by atoms with Crippen molar-refractivity contribution in [3.63, 3.8) is 0 Å². The molecule has 160 valence electrons. The molecule has 1 atom stereocenters. The van der Waals surface area contributed by atoms with Gasteiger partial charge in [0, 0.05) is 25.6 Å². The maximum Gasteiger partial charge on any atom is 0.303 e. The maximum atomic E-state index is 12.9. The van der Waals surface area contributed by atoms with E-state index in [4.69, 9.17) is 10.1 Å². The molecule has 29 heavy (non-hydrogen) atoms. The molecule has 2 aliphatic rings. The minimum absolute atomic E-state index is 0.00412. The number of nitrogens with one attached hydrogen (secondary N) is 1. The van der Waals surface area contributed by atoms with Gasteiger partial charge in [-0.15, -0.1) is 0 Å². The van der Waals surface area contributed by atoms with Crippen molar-refractivity contribution in [3.8, 4) is 0 Å². The monoisotopic (exact) mass is 401 g/mol. The maximum absolute atomic E-state index is 12.9. The Morgan fingerprint density at radius 3 is 2.69 bits per heavy atom. The largest absolute Gasteiger partial charge is 0.481 e. The van der Waals surface area contributed by atoms with Gasteiger partial charge in [-0.2, -0.15) is 0 Å². The Bertz CT molecular complexity index is 701. The number of piperidine rings is 1. The Balaban J connectivity index is 1.74. The summed E-state index contributed by atoms with van der Waals surface area (Å²) in [6, 6.07) is 4.15. The van der Waals surface area contributed by atoms with E-state index < -0.39 is 5.97 Å². The highest BCUT2D eigenvalue weighted by Gasteiger charge is 2.25. The second-order valence-electron chi connectivity index (χ2n) is 8.63. The van der Waals surface area contributed by atoms with Crippen LogP contribution >= 0.6 is 0 Å². The van der Waals surface area contributed by atoms with Gasteiger partial charge in [-0.25, -0.2) is 4.98 Å². The van der Waals surface area contributed by atoms with Crippen molar-refractivity contribution >= 4 is 17.7 Å². The number of carbonyl (C=O) groups is 2. The zero-order valence-corrected chi connectivity index (χ0v) is 17.7. The predicted octanol–water partition coefficient (Wildman–Crippen LogP) is 4.18. The molecule has 0 spiro atoms. The van der Waals surface area contributed by atoms with E-state index in [-0.39, 0.29) is 24.3 Å². The van der Waals surface area contributed by atoms with Crippen molar-refractivity contribution in [2.45, 2.75) is 83.6 Å². The van der Waals surface area contributed by atoms with E-state index in [0.29, 0.717) is 5.56 Å². The Hall–Kier alpha value is -2.11. The summed E-state index contributed by atoms with van der Waals surface area (Å²) in [5.74, 6) is 0.310. The minimum atomic E-state index is -0.733. The van der Waals surface area contributed by atoms with Crippen LogP contribution in [0.25, 0.3) is 0 Å². The van der Waals surface area contributed by atoms with E-state index in [1.807, 2.05) is 12.1 Å². The van der Waals surface area contributed by atoms with Gasteiger partial charge in [-0.3, -0.25) is 9.59 Å². The van der Waals surface area contributed by atoms with Gasteiger partial charge < -0.3 is 15.3 Å². The third-order valence-corrected chi connectivity index (χ3v) is 6.22. The first-order valence-corrected chi connectivity index (χ1v) is 11.3. The molecule has 1 aliphatic heterocycles. The molecule has 1 aromatic heterocycles. The van der Waals surface area contributed by atoms with E-state index in [1.54, 1.807) is 0 Å². The number of aliphatic carboxylic acids is 1. The number of anilines is 1. The van der Waals surface area contributed by atoms with E-state index in [1.165, 1.54) is 19.3 Å². The van der Waals surface area contributed by atoms with Crippen molar-refractivity contribution < 1.29 is 14.7 Å². The van der Waals surface area contributed by atoms with Gasteiger partial charge in [0.15, 0.2) is 0 Å². The topological polar surface area (TPSA) is 82.5 Å². The molecule has 6 heteroatoms. The van der Waals surface area contributed by atoms with Crippen LogP contribution in [0.1, 0.15) is 87.2 Å². The third kappa shape index (κ3) is 6.18. The molecule has 6 nitrogen and oxygen atoms in total. The second-order valence-corrected chi connectivity index (χ2v) is 8.63. The number of pyridine rings is 1. The van der Waals surface area contributed by atoms with E-state index in [9.17, 15) is 9.59 Å². The van der Waals surface area contributed by atoms with Crippen molar-refractivity contribution in [1.82, 2.24) is 10.3 Å². The lowest BCUT2D eigenvalue weighted by atomic mass is 9.94. The van der Waals surface area contributed by atoms with Crippen LogP contribution in [0, 0.1) is 5.92 Å². The minimum Gasteiger partial charge on any atom is -0.481 e. The quantitative estimate of drug-likeness (QED) is 0.683. The lowest BCUT2D eigenvalue weighted by Crippen LogP contribution is -2.38. The van der Waals surface area contributed by atoms with Gasteiger partial charge in [0.2, 0.25) is 0 Å². The number of carboxylic acid groups (broad SMARTS) is 1. The van der Waals surface area contributed by atoms with Crippen LogP contribution in [0.15, 0.2) is 12.1 Å². The summed E-state index contributed by atoms with van der Waals surface area (Å²) in [5.41, 5.74) is 1.57. The van der Waals surface area contributed by atoms with E-state index in [0.717, 1.165) is 69.5 Å². The summed E-state index contributed by atoms with van der Waals surface area (Å²) in [6.07, 6.45) is 10.8. The van der Waals surface area contributed by atoms with Crippen LogP contribution in [-0.4, -0.2) is 41.1 Å². The summed E-state index contributed by atoms with van der Waals surface area (Å²) < 4.78 is 0. The Morgan fingerprint density at radius 1 is 1.17 bits per heavy atom. The number of carboxylic acids is 1. The van der Waals surface area contributed by atoms with Crippen LogP contribution < -0.4 is 10.2 Å². The van der Waals surface area contributed by atoms with Gasteiger partial charge >= 0.3 is 5.97 Å². The van der Waals surface area contributed by atoms with Crippen molar-refractivity contribution in [2.24, 2.45) is 5.92 Å². The smallest absolute Gasteiger partial charge is 0.303 e. The Morgan fingerprint density at radius 2 is 1.97 bits per heavy atom.